The van der Waals surface area contributed by atoms with E-state index in [1.165, 1.54) is 12.1 Å². The molecule has 0 aliphatic carbocycles. The van der Waals surface area contributed by atoms with Crippen molar-refractivity contribution >= 4 is 24.0 Å². The van der Waals surface area contributed by atoms with Gasteiger partial charge in [0.1, 0.15) is 0 Å². The molecule has 122 valence electrons. The summed E-state index contributed by atoms with van der Waals surface area (Å²) in [6.45, 7) is 5.61. The van der Waals surface area contributed by atoms with Gasteiger partial charge >= 0.3 is 0 Å². The average Bonchev–Trinajstić information content (AvgIpc) is 2.47. The summed E-state index contributed by atoms with van der Waals surface area (Å²) in [6, 6.07) is 4.55. The number of piperidine rings is 1. The first kappa shape index (κ1) is 18.4. The molecule has 2 atom stereocenters. The Morgan fingerprint density at radius 1 is 1.50 bits per heavy atom. The van der Waals surface area contributed by atoms with Crippen LogP contribution < -0.4 is 10.6 Å². The van der Waals surface area contributed by atoms with Crippen molar-refractivity contribution in [2.45, 2.75) is 32.7 Å². The monoisotopic (exact) mass is 327 g/mol. The van der Waals surface area contributed by atoms with Crippen molar-refractivity contribution in [2.24, 2.45) is 5.92 Å². The molecule has 1 aliphatic rings. The number of benzene rings is 1. The maximum absolute atomic E-state index is 12.2. The Morgan fingerprint density at radius 2 is 2.23 bits per heavy atom. The van der Waals surface area contributed by atoms with Crippen molar-refractivity contribution in [2.75, 3.05) is 13.1 Å². The minimum atomic E-state index is -0.437. The maximum Gasteiger partial charge on any atom is 0.272 e. The van der Waals surface area contributed by atoms with Gasteiger partial charge in [-0.3, -0.25) is 14.9 Å². The Kier molecular flexibility index (Phi) is 6.77. The molecule has 1 heterocycles. The Balaban J connectivity index is 0.00000242. The van der Waals surface area contributed by atoms with E-state index in [0.717, 1.165) is 25.9 Å². The number of halogens is 1. The normalized spacial score (nSPS) is 18.9. The predicted molar refractivity (Wildman–Crippen MR) is 87.6 cm³/mol. The number of nitro benzene ring substituents is 1. The summed E-state index contributed by atoms with van der Waals surface area (Å²) in [6.07, 6.45) is 2.23. The van der Waals surface area contributed by atoms with Crippen molar-refractivity contribution in [1.82, 2.24) is 10.6 Å². The molecule has 1 aromatic carbocycles. The molecule has 1 saturated heterocycles. The van der Waals surface area contributed by atoms with E-state index in [0.29, 0.717) is 17.0 Å². The molecule has 2 rings (SSSR count). The van der Waals surface area contributed by atoms with E-state index in [9.17, 15) is 14.9 Å². The molecule has 7 heteroatoms. The quantitative estimate of drug-likeness (QED) is 0.657. The van der Waals surface area contributed by atoms with E-state index in [4.69, 9.17) is 0 Å². The molecule has 0 radical (unpaired) electrons. The van der Waals surface area contributed by atoms with Crippen LogP contribution in [0.15, 0.2) is 18.2 Å². The Morgan fingerprint density at radius 3 is 2.77 bits per heavy atom. The van der Waals surface area contributed by atoms with Crippen molar-refractivity contribution in [3.63, 3.8) is 0 Å². The second kappa shape index (κ2) is 8.10. The fraction of sp³-hybridized carbons (Fsp3) is 0.533. The topological polar surface area (TPSA) is 84.3 Å². The third-order valence-corrected chi connectivity index (χ3v) is 4.06. The molecule has 2 N–H and O–H groups in total. The van der Waals surface area contributed by atoms with E-state index in [2.05, 4.69) is 10.6 Å². The molecule has 22 heavy (non-hydrogen) atoms. The van der Waals surface area contributed by atoms with Gasteiger partial charge in [0, 0.05) is 23.2 Å². The third kappa shape index (κ3) is 4.42. The SMILES string of the molecule is Cc1cc(C(=O)NC(C)C2CCCNC2)ccc1[N+](=O)[O-].Cl. The van der Waals surface area contributed by atoms with Crippen LogP contribution in [0.25, 0.3) is 0 Å². The lowest BCUT2D eigenvalue weighted by atomic mass is 9.92. The largest absolute Gasteiger partial charge is 0.349 e. The van der Waals surface area contributed by atoms with Gasteiger partial charge in [0.2, 0.25) is 0 Å². The number of aryl methyl sites for hydroxylation is 1. The maximum atomic E-state index is 12.2. The molecule has 0 spiro atoms. The lowest BCUT2D eigenvalue weighted by Gasteiger charge is -2.29. The van der Waals surface area contributed by atoms with Crippen LogP contribution >= 0.6 is 12.4 Å². The fourth-order valence-corrected chi connectivity index (χ4v) is 2.72. The highest BCUT2D eigenvalue weighted by Crippen LogP contribution is 2.19. The van der Waals surface area contributed by atoms with Gasteiger partial charge in [-0.2, -0.15) is 0 Å². The zero-order valence-corrected chi connectivity index (χ0v) is 13.6. The molecule has 0 saturated carbocycles. The summed E-state index contributed by atoms with van der Waals surface area (Å²) in [5, 5.41) is 17.1. The van der Waals surface area contributed by atoms with E-state index in [1.807, 2.05) is 6.92 Å². The number of nitro groups is 1. The van der Waals surface area contributed by atoms with Gasteiger partial charge in [0.25, 0.3) is 11.6 Å². The van der Waals surface area contributed by atoms with Crippen molar-refractivity contribution in [1.29, 1.82) is 0 Å². The number of amides is 1. The van der Waals surface area contributed by atoms with Crippen LogP contribution in [0.4, 0.5) is 5.69 Å². The first-order valence-electron chi connectivity index (χ1n) is 7.25. The first-order valence-corrected chi connectivity index (χ1v) is 7.25. The Labute approximate surface area is 136 Å². The van der Waals surface area contributed by atoms with Gasteiger partial charge in [-0.05, 0) is 57.8 Å². The second-order valence-corrected chi connectivity index (χ2v) is 5.63. The van der Waals surface area contributed by atoms with E-state index < -0.39 is 4.92 Å². The van der Waals surface area contributed by atoms with Gasteiger partial charge in [-0.1, -0.05) is 0 Å². The van der Waals surface area contributed by atoms with Gasteiger partial charge in [-0.25, -0.2) is 0 Å². The lowest BCUT2D eigenvalue weighted by molar-refractivity contribution is -0.385. The highest BCUT2D eigenvalue weighted by molar-refractivity contribution is 5.94. The predicted octanol–water partition coefficient (Wildman–Crippen LogP) is 2.44. The average molecular weight is 328 g/mol. The summed E-state index contributed by atoms with van der Waals surface area (Å²) in [7, 11) is 0. The molecule has 1 aliphatic heterocycles. The van der Waals surface area contributed by atoms with Crippen molar-refractivity contribution in [3.8, 4) is 0 Å². The minimum Gasteiger partial charge on any atom is -0.349 e. The third-order valence-electron chi connectivity index (χ3n) is 4.06. The number of rotatable bonds is 4. The van der Waals surface area contributed by atoms with Gasteiger partial charge in [0.15, 0.2) is 0 Å². The van der Waals surface area contributed by atoms with Crippen LogP contribution in [0, 0.1) is 23.0 Å². The summed E-state index contributed by atoms with van der Waals surface area (Å²) < 4.78 is 0. The molecular formula is C15H22ClN3O3. The number of hydrogen-bond donors (Lipinski definition) is 2. The number of hydrogen-bond acceptors (Lipinski definition) is 4. The van der Waals surface area contributed by atoms with Crippen molar-refractivity contribution in [3.05, 3.63) is 39.4 Å². The highest BCUT2D eigenvalue weighted by Gasteiger charge is 2.22. The van der Waals surface area contributed by atoms with Crippen LogP contribution in [0.1, 0.15) is 35.7 Å². The molecule has 0 aromatic heterocycles. The molecular weight excluding hydrogens is 306 g/mol. The first-order chi connectivity index (χ1) is 9.99. The molecule has 1 fully saturated rings. The summed E-state index contributed by atoms with van der Waals surface area (Å²) in [5.74, 6) is 0.257. The number of nitrogens with zero attached hydrogens (tertiary/aromatic N) is 1. The molecule has 1 aromatic rings. The number of carbonyl (C=O) groups is 1. The van der Waals surface area contributed by atoms with E-state index >= 15 is 0 Å². The van der Waals surface area contributed by atoms with Crippen molar-refractivity contribution < 1.29 is 9.72 Å². The van der Waals surface area contributed by atoms with Crippen LogP contribution in [0.2, 0.25) is 0 Å². The Hall–Kier alpha value is -1.66. The molecule has 2 unspecified atom stereocenters. The summed E-state index contributed by atoms with van der Waals surface area (Å²) in [4.78, 5) is 22.6. The van der Waals surface area contributed by atoms with Crippen LogP contribution in [-0.2, 0) is 0 Å². The lowest BCUT2D eigenvalue weighted by Crippen LogP contribution is -2.44. The minimum absolute atomic E-state index is 0. The Bertz CT molecular complexity index is 545. The van der Waals surface area contributed by atoms with Gasteiger partial charge in [0.05, 0.1) is 4.92 Å². The molecule has 6 nitrogen and oxygen atoms in total. The fourth-order valence-electron chi connectivity index (χ4n) is 2.72. The van der Waals surface area contributed by atoms with Crippen LogP contribution in [0.5, 0.6) is 0 Å². The standard InChI is InChI=1S/C15H21N3O3.ClH/c1-10-8-12(5-6-14(10)18(20)21)15(19)17-11(2)13-4-3-7-16-9-13;/h5-6,8,11,13,16H,3-4,7,9H2,1-2H3,(H,17,19);1H. The van der Waals surface area contributed by atoms with E-state index in [-0.39, 0.29) is 30.0 Å². The number of carbonyl (C=O) groups excluding carboxylic acids is 1. The highest BCUT2D eigenvalue weighted by atomic mass is 35.5. The zero-order valence-electron chi connectivity index (χ0n) is 12.8. The summed E-state index contributed by atoms with van der Waals surface area (Å²) >= 11 is 0. The van der Waals surface area contributed by atoms with Crippen LogP contribution in [-0.4, -0.2) is 30.0 Å². The smallest absolute Gasteiger partial charge is 0.272 e. The van der Waals surface area contributed by atoms with Crippen LogP contribution in [0.3, 0.4) is 0 Å². The van der Waals surface area contributed by atoms with E-state index in [1.54, 1.807) is 13.0 Å². The number of nitrogens with one attached hydrogen (secondary N) is 2. The zero-order chi connectivity index (χ0) is 15.4. The second-order valence-electron chi connectivity index (χ2n) is 5.63. The summed E-state index contributed by atoms with van der Waals surface area (Å²) in [5.41, 5.74) is 1.00. The molecule has 0 bridgehead atoms. The molecule has 1 amide bonds. The van der Waals surface area contributed by atoms with Gasteiger partial charge < -0.3 is 10.6 Å². The van der Waals surface area contributed by atoms with Gasteiger partial charge in [-0.15, -0.1) is 12.4 Å².